The highest BCUT2D eigenvalue weighted by Crippen LogP contribution is 2.37. The second-order valence-electron chi connectivity index (χ2n) is 4.13. The molecule has 1 fully saturated rings. The summed E-state index contributed by atoms with van der Waals surface area (Å²) in [5.74, 6) is 0. The molecule has 15 heavy (non-hydrogen) atoms. The van der Waals surface area contributed by atoms with E-state index in [1.807, 2.05) is 31.2 Å². The van der Waals surface area contributed by atoms with Crippen molar-refractivity contribution in [1.29, 1.82) is 0 Å². The number of rotatable bonds is 2. The molecule has 0 spiro atoms. The van der Waals surface area contributed by atoms with Crippen LogP contribution in [0.15, 0.2) is 24.3 Å². The molecule has 0 bridgehead atoms. The molecule has 0 atom stereocenters. The molecule has 0 amide bonds. The molecule has 3 nitrogen and oxygen atoms in total. The lowest BCUT2D eigenvalue weighted by molar-refractivity contribution is -0.0156. The van der Waals surface area contributed by atoms with Crippen LogP contribution in [0, 0.1) is 6.92 Å². The van der Waals surface area contributed by atoms with Crippen LogP contribution in [0.25, 0.3) is 0 Å². The van der Waals surface area contributed by atoms with Gasteiger partial charge in [-0.2, -0.15) is 0 Å². The Kier molecular flexibility index (Phi) is 2.35. The third-order valence-electron chi connectivity index (χ3n) is 2.96. The highest BCUT2D eigenvalue weighted by Gasteiger charge is 2.49. The molecule has 1 aromatic carbocycles. The van der Waals surface area contributed by atoms with Gasteiger partial charge in [0.25, 0.3) is 0 Å². The molecular formula is C11H14O3S. The molecule has 0 N–H and O–H groups in total. The van der Waals surface area contributed by atoms with Crippen LogP contribution in [0.4, 0.5) is 0 Å². The van der Waals surface area contributed by atoms with E-state index in [1.165, 1.54) is 6.26 Å². The SMILES string of the molecule is Cc1ccc(C2(S(C)(=O)=O)COC2)cc1. The van der Waals surface area contributed by atoms with Crippen molar-refractivity contribution in [2.24, 2.45) is 0 Å². The molecule has 4 heteroatoms. The van der Waals surface area contributed by atoms with Crippen molar-refractivity contribution in [3.63, 3.8) is 0 Å². The van der Waals surface area contributed by atoms with E-state index in [0.717, 1.165) is 11.1 Å². The fraction of sp³-hybridized carbons (Fsp3) is 0.455. The fourth-order valence-electron chi connectivity index (χ4n) is 1.74. The van der Waals surface area contributed by atoms with Crippen LogP contribution in [-0.4, -0.2) is 27.9 Å². The second-order valence-corrected chi connectivity index (χ2v) is 6.45. The second kappa shape index (κ2) is 3.32. The molecule has 2 rings (SSSR count). The molecule has 0 aromatic heterocycles. The van der Waals surface area contributed by atoms with Gasteiger partial charge in [-0.1, -0.05) is 29.8 Å². The molecule has 0 radical (unpaired) electrons. The first kappa shape index (κ1) is 10.6. The summed E-state index contributed by atoms with van der Waals surface area (Å²) in [6, 6.07) is 7.61. The van der Waals surface area contributed by atoms with E-state index in [4.69, 9.17) is 4.74 Å². The third-order valence-corrected chi connectivity index (χ3v) is 4.85. The normalized spacial score (nSPS) is 19.6. The quantitative estimate of drug-likeness (QED) is 0.762. The smallest absolute Gasteiger partial charge is 0.161 e. The number of ether oxygens (including phenoxy) is 1. The summed E-state index contributed by atoms with van der Waals surface area (Å²) in [4.78, 5) is 0. The minimum Gasteiger partial charge on any atom is -0.377 e. The van der Waals surface area contributed by atoms with Crippen molar-refractivity contribution in [3.8, 4) is 0 Å². The summed E-state index contributed by atoms with van der Waals surface area (Å²) >= 11 is 0. The highest BCUT2D eigenvalue weighted by molar-refractivity contribution is 7.91. The van der Waals surface area contributed by atoms with Crippen molar-refractivity contribution in [2.45, 2.75) is 11.7 Å². The van der Waals surface area contributed by atoms with Gasteiger partial charge in [0, 0.05) is 6.26 Å². The van der Waals surface area contributed by atoms with E-state index in [-0.39, 0.29) is 13.2 Å². The summed E-state index contributed by atoms with van der Waals surface area (Å²) in [5.41, 5.74) is 1.96. The molecule has 1 aliphatic rings. The molecule has 1 aromatic rings. The van der Waals surface area contributed by atoms with Crippen molar-refractivity contribution in [2.75, 3.05) is 19.5 Å². The monoisotopic (exact) mass is 226 g/mol. The van der Waals surface area contributed by atoms with Crippen LogP contribution in [0.1, 0.15) is 11.1 Å². The van der Waals surface area contributed by atoms with Crippen LogP contribution >= 0.6 is 0 Å². The van der Waals surface area contributed by atoms with Gasteiger partial charge in [0.2, 0.25) is 0 Å². The standard InChI is InChI=1S/C11H14O3S/c1-9-3-5-10(6-4-9)11(7-14-8-11)15(2,12)13/h3-6H,7-8H2,1-2H3. The molecule has 1 aliphatic heterocycles. The first-order valence-corrected chi connectivity index (χ1v) is 6.69. The summed E-state index contributed by atoms with van der Waals surface area (Å²) in [6.45, 7) is 2.53. The van der Waals surface area contributed by atoms with E-state index < -0.39 is 14.6 Å². The lowest BCUT2D eigenvalue weighted by atomic mass is 9.95. The van der Waals surface area contributed by atoms with Gasteiger partial charge >= 0.3 is 0 Å². The van der Waals surface area contributed by atoms with Gasteiger partial charge in [0.15, 0.2) is 9.84 Å². The van der Waals surface area contributed by atoms with E-state index in [0.29, 0.717) is 0 Å². The van der Waals surface area contributed by atoms with Gasteiger partial charge in [-0.25, -0.2) is 8.42 Å². The average molecular weight is 226 g/mol. The Labute approximate surface area is 90.0 Å². The zero-order valence-corrected chi connectivity index (χ0v) is 9.67. The van der Waals surface area contributed by atoms with Crippen LogP contribution in [0.2, 0.25) is 0 Å². The maximum Gasteiger partial charge on any atom is 0.161 e. The van der Waals surface area contributed by atoms with Crippen LogP contribution in [0.3, 0.4) is 0 Å². The van der Waals surface area contributed by atoms with Gasteiger partial charge in [-0.3, -0.25) is 0 Å². The Bertz CT molecular complexity index is 455. The Morgan fingerprint density at radius 1 is 1.20 bits per heavy atom. The Morgan fingerprint density at radius 2 is 1.73 bits per heavy atom. The van der Waals surface area contributed by atoms with Crippen LogP contribution in [-0.2, 0) is 19.3 Å². The molecule has 0 aliphatic carbocycles. The van der Waals surface area contributed by atoms with E-state index in [2.05, 4.69) is 0 Å². The third kappa shape index (κ3) is 1.58. The van der Waals surface area contributed by atoms with Crippen LogP contribution in [0.5, 0.6) is 0 Å². The average Bonchev–Trinajstić information content (AvgIpc) is 2.03. The zero-order valence-electron chi connectivity index (χ0n) is 8.86. The van der Waals surface area contributed by atoms with Crippen molar-refractivity contribution >= 4 is 9.84 Å². The van der Waals surface area contributed by atoms with Crippen LogP contribution < -0.4 is 0 Å². The lowest BCUT2D eigenvalue weighted by Gasteiger charge is -2.39. The number of benzene rings is 1. The fourth-order valence-corrected chi connectivity index (χ4v) is 2.90. The molecular weight excluding hydrogens is 212 g/mol. The zero-order chi connectivity index (χ0) is 11.1. The lowest BCUT2D eigenvalue weighted by Crippen LogP contribution is -2.52. The number of hydrogen-bond donors (Lipinski definition) is 0. The van der Waals surface area contributed by atoms with E-state index in [9.17, 15) is 8.42 Å². The minimum absolute atomic E-state index is 0.273. The van der Waals surface area contributed by atoms with Crippen molar-refractivity contribution in [1.82, 2.24) is 0 Å². The van der Waals surface area contributed by atoms with Gasteiger partial charge < -0.3 is 4.74 Å². The molecule has 1 saturated heterocycles. The molecule has 1 heterocycles. The largest absolute Gasteiger partial charge is 0.377 e. The summed E-state index contributed by atoms with van der Waals surface area (Å²) < 4.78 is 27.7. The maximum atomic E-state index is 11.7. The first-order valence-electron chi connectivity index (χ1n) is 4.80. The topological polar surface area (TPSA) is 43.4 Å². The number of hydrogen-bond acceptors (Lipinski definition) is 3. The summed E-state index contributed by atoms with van der Waals surface area (Å²) in [6.07, 6.45) is 1.27. The van der Waals surface area contributed by atoms with Gasteiger partial charge in [0.05, 0.1) is 13.2 Å². The summed E-state index contributed by atoms with van der Waals surface area (Å²) in [5, 5.41) is 0. The predicted molar refractivity (Wildman–Crippen MR) is 58.5 cm³/mol. The summed E-state index contributed by atoms with van der Waals surface area (Å²) in [7, 11) is -3.12. The number of aryl methyl sites for hydroxylation is 1. The van der Waals surface area contributed by atoms with E-state index in [1.54, 1.807) is 0 Å². The Hall–Kier alpha value is -0.870. The maximum absolute atomic E-state index is 11.7. The van der Waals surface area contributed by atoms with Gasteiger partial charge in [-0.05, 0) is 12.5 Å². The Balaban J connectivity index is 2.48. The molecule has 0 saturated carbocycles. The minimum atomic E-state index is -3.12. The van der Waals surface area contributed by atoms with Gasteiger partial charge in [0.1, 0.15) is 4.75 Å². The van der Waals surface area contributed by atoms with E-state index >= 15 is 0 Å². The molecule has 82 valence electrons. The van der Waals surface area contributed by atoms with Crippen molar-refractivity contribution < 1.29 is 13.2 Å². The highest BCUT2D eigenvalue weighted by atomic mass is 32.2. The van der Waals surface area contributed by atoms with Crippen molar-refractivity contribution in [3.05, 3.63) is 35.4 Å². The van der Waals surface area contributed by atoms with Gasteiger partial charge in [-0.15, -0.1) is 0 Å². The Morgan fingerprint density at radius 3 is 2.07 bits per heavy atom. The predicted octanol–water partition coefficient (Wildman–Crippen LogP) is 1.27. The molecule has 0 unspecified atom stereocenters. The number of sulfone groups is 1. The first-order chi connectivity index (χ1) is 6.96.